The van der Waals surface area contributed by atoms with E-state index in [9.17, 15) is 13.2 Å². The van der Waals surface area contributed by atoms with Crippen molar-refractivity contribution in [3.05, 3.63) is 35.9 Å². The second kappa shape index (κ2) is 6.53. The predicted molar refractivity (Wildman–Crippen MR) is 85.8 cm³/mol. The molecule has 1 saturated heterocycles. The van der Waals surface area contributed by atoms with Crippen LogP contribution in [-0.4, -0.2) is 36.9 Å². The summed E-state index contributed by atoms with van der Waals surface area (Å²) in [7, 11) is -3.07. The largest absolute Gasteiger partial charge is 0.392 e. The highest BCUT2D eigenvalue weighted by atomic mass is 32.2. The third kappa shape index (κ3) is 3.79. The molecule has 1 aliphatic heterocycles. The van der Waals surface area contributed by atoms with Gasteiger partial charge in [0.15, 0.2) is 9.84 Å². The highest BCUT2D eigenvalue weighted by Crippen LogP contribution is 2.20. The summed E-state index contributed by atoms with van der Waals surface area (Å²) in [5, 5.41) is 2.18. The number of hydrogen-bond acceptors (Lipinski definition) is 4. The van der Waals surface area contributed by atoms with Crippen molar-refractivity contribution in [2.45, 2.75) is 24.0 Å². The summed E-state index contributed by atoms with van der Waals surface area (Å²) >= 11 is 4.97. The maximum Gasteiger partial charge on any atom is 0.234 e. The molecule has 1 aromatic rings. The molecular weight excluding hydrogens is 308 g/mol. The molecule has 1 aliphatic rings. The Morgan fingerprint density at radius 3 is 2.57 bits per heavy atom. The van der Waals surface area contributed by atoms with E-state index < -0.39 is 21.0 Å². The average molecular weight is 326 g/mol. The standard InChI is InChI=1S/C14H18N2O3S2/c15-13(20)12(10-5-2-1-3-6-10)14(17)16-9-11-7-4-8-21(11,18)19/h1-3,5-6,11-12H,4,7-9H2,(H2,15,20)(H,16,17). The van der Waals surface area contributed by atoms with E-state index in [1.54, 1.807) is 24.3 Å². The highest BCUT2D eigenvalue weighted by molar-refractivity contribution is 7.92. The Labute approximate surface area is 129 Å². The van der Waals surface area contributed by atoms with Gasteiger partial charge < -0.3 is 11.1 Å². The van der Waals surface area contributed by atoms with Crippen molar-refractivity contribution in [1.82, 2.24) is 5.32 Å². The zero-order chi connectivity index (χ0) is 15.5. The first-order chi connectivity index (χ1) is 9.92. The maximum absolute atomic E-state index is 12.3. The third-order valence-electron chi connectivity index (χ3n) is 3.65. The molecule has 1 heterocycles. The first-order valence-corrected chi connectivity index (χ1v) is 8.88. The number of sulfone groups is 1. The number of nitrogens with one attached hydrogen (secondary N) is 1. The van der Waals surface area contributed by atoms with Gasteiger partial charge >= 0.3 is 0 Å². The van der Waals surface area contributed by atoms with Crippen LogP contribution < -0.4 is 11.1 Å². The maximum atomic E-state index is 12.3. The Bertz CT molecular complexity index is 629. The van der Waals surface area contributed by atoms with E-state index in [0.717, 1.165) is 0 Å². The third-order valence-corrected chi connectivity index (χ3v) is 6.16. The van der Waals surface area contributed by atoms with Crippen molar-refractivity contribution >= 4 is 33.0 Å². The van der Waals surface area contributed by atoms with Crippen molar-refractivity contribution in [1.29, 1.82) is 0 Å². The Morgan fingerprint density at radius 2 is 2.05 bits per heavy atom. The molecule has 1 amide bonds. The lowest BCUT2D eigenvalue weighted by Crippen LogP contribution is -2.40. The van der Waals surface area contributed by atoms with Gasteiger partial charge in [0, 0.05) is 6.54 Å². The van der Waals surface area contributed by atoms with Crippen LogP contribution in [0, 0.1) is 0 Å². The molecule has 1 fully saturated rings. The molecule has 3 N–H and O–H groups in total. The Kier molecular flexibility index (Phi) is 4.95. The summed E-state index contributed by atoms with van der Waals surface area (Å²) in [6.07, 6.45) is 1.24. The lowest BCUT2D eigenvalue weighted by molar-refractivity contribution is -0.121. The Hall–Kier alpha value is -1.47. The number of rotatable bonds is 5. The first-order valence-electron chi connectivity index (χ1n) is 6.75. The van der Waals surface area contributed by atoms with Gasteiger partial charge in [-0.1, -0.05) is 42.5 Å². The molecule has 0 aromatic heterocycles. The number of thiocarbonyl (C=S) groups is 1. The summed E-state index contributed by atoms with van der Waals surface area (Å²) < 4.78 is 23.5. The van der Waals surface area contributed by atoms with E-state index in [1.807, 2.05) is 6.07 Å². The SMILES string of the molecule is NC(=S)C(C(=O)NCC1CCCS1(=O)=O)c1ccccc1. The Balaban J connectivity index is 2.05. The van der Waals surface area contributed by atoms with Gasteiger partial charge in [0.2, 0.25) is 5.91 Å². The second-order valence-corrected chi connectivity index (χ2v) is 7.99. The number of hydrogen-bond donors (Lipinski definition) is 2. The topological polar surface area (TPSA) is 89.3 Å². The fraction of sp³-hybridized carbons (Fsp3) is 0.429. The van der Waals surface area contributed by atoms with Gasteiger partial charge in [-0.25, -0.2) is 8.42 Å². The minimum absolute atomic E-state index is 0.0768. The number of carbonyl (C=O) groups is 1. The zero-order valence-electron chi connectivity index (χ0n) is 11.5. The summed E-state index contributed by atoms with van der Waals surface area (Å²) in [6.45, 7) is 0.118. The molecule has 5 nitrogen and oxygen atoms in total. The van der Waals surface area contributed by atoms with Crippen LogP contribution in [0.2, 0.25) is 0 Å². The Morgan fingerprint density at radius 1 is 1.38 bits per heavy atom. The lowest BCUT2D eigenvalue weighted by atomic mass is 9.98. The number of benzene rings is 1. The summed E-state index contributed by atoms with van der Waals surface area (Å²) in [5.41, 5.74) is 6.36. The molecule has 2 atom stereocenters. The summed E-state index contributed by atoms with van der Waals surface area (Å²) in [5.74, 6) is -0.883. The van der Waals surface area contributed by atoms with Gasteiger partial charge in [0.05, 0.1) is 16.0 Å². The quantitative estimate of drug-likeness (QED) is 0.780. The van der Waals surface area contributed by atoms with Crippen LogP contribution in [0.4, 0.5) is 0 Å². The van der Waals surface area contributed by atoms with Crippen molar-refractivity contribution in [2.24, 2.45) is 5.73 Å². The molecule has 0 bridgehead atoms. The fourth-order valence-corrected chi connectivity index (χ4v) is 4.50. The molecule has 1 aromatic carbocycles. The molecule has 0 saturated carbocycles. The van der Waals surface area contributed by atoms with Gasteiger partial charge in [0.25, 0.3) is 0 Å². The zero-order valence-corrected chi connectivity index (χ0v) is 13.1. The summed E-state index contributed by atoms with van der Waals surface area (Å²) in [4.78, 5) is 12.4. The second-order valence-electron chi connectivity index (χ2n) is 5.12. The van der Waals surface area contributed by atoms with Crippen LogP contribution in [0.3, 0.4) is 0 Å². The monoisotopic (exact) mass is 326 g/mol. The highest BCUT2D eigenvalue weighted by Gasteiger charge is 2.32. The van der Waals surface area contributed by atoms with E-state index in [-0.39, 0.29) is 23.2 Å². The minimum atomic E-state index is -3.07. The first kappa shape index (κ1) is 15.9. The van der Waals surface area contributed by atoms with Crippen LogP contribution in [0.15, 0.2) is 30.3 Å². The van der Waals surface area contributed by atoms with E-state index in [4.69, 9.17) is 18.0 Å². The minimum Gasteiger partial charge on any atom is -0.392 e. The molecule has 0 spiro atoms. The lowest BCUT2D eigenvalue weighted by Gasteiger charge is -2.17. The molecule has 7 heteroatoms. The number of carbonyl (C=O) groups excluding carboxylic acids is 1. The van der Waals surface area contributed by atoms with Gasteiger partial charge in [-0.3, -0.25) is 4.79 Å². The van der Waals surface area contributed by atoms with Crippen molar-refractivity contribution in [3.8, 4) is 0 Å². The van der Waals surface area contributed by atoms with Crippen molar-refractivity contribution < 1.29 is 13.2 Å². The van der Waals surface area contributed by atoms with E-state index in [1.165, 1.54) is 0 Å². The van der Waals surface area contributed by atoms with Gasteiger partial charge in [-0.2, -0.15) is 0 Å². The van der Waals surface area contributed by atoms with E-state index >= 15 is 0 Å². The van der Waals surface area contributed by atoms with E-state index in [0.29, 0.717) is 18.4 Å². The molecular formula is C14H18N2O3S2. The average Bonchev–Trinajstić information content (AvgIpc) is 2.76. The molecule has 21 heavy (non-hydrogen) atoms. The van der Waals surface area contributed by atoms with Gasteiger partial charge in [0.1, 0.15) is 5.92 Å². The number of amides is 1. The van der Waals surface area contributed by atoms with Crippen LogP contribution in [-0.2, 0) is 14.6 Å². The molecule has 2 unspecified atom stereocenters. The van der Waals surface area contributed by atoms with Crippen LogP contribution in [0.25, 0.3) is 0 Å². The molecule has 2 rings (SSSR count). The van der Waals surface area contributed by atoms with Crippen molar-refractivity contribution in [2.75, 3.05) is 12.3 Å². The molecule has 114 valence electrons. The van der Waals surface area contributed by atoms with Crippen LogP contribution >= 0.6 is 12.2 Å². The summed E-state index contributed by atoms with van der Waals surface area (Å²) in [6, 6.07) is 8.99. The normalized spacial score (nSPS) is 21.6. The van der Waals surface area contributed by atoms with Crippen LogP contribution in [0.5, 0.6) is 0 Å². The van der Waals surface area contributed by atoms with E-state index in [2.05, 4.69) is 5.32 Å². The van der Waals surface area contributed by atoms with Crippen molar-refractivity contribution in [3.63, 3.8) is 0 Å². The molecule has 0 aliphatic carbocycles. The van der Waals surface area contributed by atoms with Gasteiger partial charge in [-0.15, -0.1) is 0 Å². The van der Waals surface area contributed by atoms with Gasteiger partial charge in [-0.05, 0) is 18.4 Å². The van der Waals surface area contributed by atoms with Crippen LogP contribution in [0.1, 0.15) is 24.3 Å². The number of nitrogens with two attached hydrogens (primary N) is 1. The molecule has 0 radical (unpaired) electrons. The predicted octanol–water partition coefficient (Wildman–Crippen LogP) is 0.750. The fourth-order valence-electron chi connectivity index (χ4n) is 2.49. The smallest absolute Gasteiger partial charge is 0.234 e.